The Morgan fingerprint density at radius 1 is 1.29 bits per heavy atom. The minimum absolute atomic E-state index is 0.435. The summed E-state index contributed by atoms with van der Waals surface area (Å²) in [6, 6.07) is 8.06. The van der Waals surface area contributed by atoms with Gasteiger partial charge < -0.3 is 5.32 Å². The molecule has 0 aliphatic carbocycles. The van der Waals surface area contributed by atoms with Gasteiger partial charge in [0.2, 0.25) is 0 Å². The summed E-state index contributed by atoms with van der Waals surface area (Å²) in [5.74, 6) is 0. The molecule has 17 heavy (non-hydrogen) atoms. The highest BCUT2D eigenvalue weighted by atomic mass is 35.5. The first-order valence-electron chi connectivity index (χ1n) is 6.04. The van der Waals surface area contributed by atoms with E-state index in [4.69, 9.17) is 11.6 Å². The topological polar surface area (TPSA) is 12.0 Å². The molecule has 0 bridgehead atoms. The lowest BCUT2D eigenvalue weighted by Crippen LogP contribution is -2.17. The Morgan fingerprint density at radius 2 is 2.00 bits per heavy atom. The van der Waals surface area contributed by atoms with Gasteiger partial charge in [-0.15, -0.1) is 11.7 Å². The Kier molecular flexibility index (Phi) is 8.19. The highest BCUT2D eigenvalue weighted by Gasteiger charge is 2.09. The second-order valence-electron chi connectivity index (χ2n) is 4.04. The molecule has 0 saturated heterocycles. The van der Waals surface area contributed by atoms with E-state index >= 15 is 0 Å². The predicted octanol–water partition coefficient (Wildman–Crippen LogP) is 4.74. The van der Waals surface area contributed by atoms with E-state index < -0.39 is 0 Å². The number of thiol groups is 1. The first kappa shape index (κ1) is 15.2. The zero-order chi connectivity index (χ0) is 12.5. The molecule has 1 aromatic rings. The first-order valence-corrected chi connectivity index (χ1v) is 8.35. The summed E-state index contributed by atoms with van der Waals surface area (Å²) in [5.41, 5.74) is 1.30. The van der Waals surface area contributed by atoms with Gasteiger partial charge in [0, 0.05) is 10.3 Å². The van der Waals surface area contributed by atoms with E-state index in [-0.39, 0.29) is 0 Å². The van der Waals surface area contributed by atoms with Crippen molar-refractivity contribution in [1.29, 1.82) is 0 Å². The monoisotopic (exact) mass is 289 g/mol. The average Bonchev–Trinajstić information content (AvgIpc) is 2.35. The normalized spacial score (nSPS) is 12.6. The second-order valence-corrected chi connectivity index (χ2v) is 5.89. The second kappa shape index (κ2) is 9.15. The van der Waals surface area contributed by atoms with Crippen molar-refractivity contribution < 1.29 is 0 Å². The molecule has 1 nitrogen and oxygen atoms in total. The third kappa shape index (κ3) is 6.05. The lowest BCUT2D eigenvalue weighted by Gasteiger charge is -2.14. The summed E-state index contributed by atoms with van der Waals surface area (Å²) in [5, 5.41) is 4.68. The molecule has 0 aromatic heterocycles. The summed E-state index contributed by atoms with van der Waals surface area (Å²) in [7, 11) is 1.60. The molecule has 0 unspecified atom stereocenters. The van der Waals surface area contributed by atoms with Crippen molar-refractivity contribution in [2.75, 3.05) is 13.1 Å². The van der Waals surface area contributed by atoms with Crippen LogP contribution in [0.4, 0.5) is 0 Å². The zero-order valence-corrected chi connectivity index (χ0v) is 12.6. The Morgan fingerprint density at radius 3 is 2.59 bits per heavy atom. The molecule has 0 aliphatic heterocycles. The van der Waals surface area contributed by atoms with Crippen molar-refractivity contribution in [3.8, 4) is 0 Å². The third-order valence-electron chi connectivity index (χ3n) is 2.66. The van der Waals surface area contributed by atoms with Gasteiger partial charge in [-0.2, -0.15) is 0 Å². The number of unbranched alkanes of at least 4 members (excludes halogenated alkanes) is 1. The average molecular weight is 290 g/mol. The molecule has 1 N–H and O–H groups in total. The SMILES string of the molecule is CCCCNCC[C@@H](SS)c1ccc(Cl)cc1. The number of nitrogens with one attached hydrogen (secondary N) is 1. The molecule has 0 amide bonds. The quantitative estimate of drug-likeness (QED) is 0.407. The highest BCUT2D eigenvalue weighted by molar-refractivity contribution is 8.68. The van der Waals surface area contributed by atoms with Crippen LogP contribution in [0.3, 0.4) is 0 Å². The Hall–Kier alpha value is 0.170. The van der Waals surface area contributed by atoms with E-state index in [1.165, 1.54) is 18.4 Å². The van der Waals surface area contributed by atoms with Gasteiger partial charge in [-0.25, -0.2) is 0 Å². The summed E-state index contributed by atoms with van der Waals surface area (Å²) in [4.78, 5) is 0. The molecule has 1 atom stereocenters. The standard InChI is InChI=1S/C13H20ClNS2/c1-2-3-9-15-10-8-13(17-16)11-4-6-12(14)7-5-11/h4-7,13,15-16H,2-3,8-10H2,1H3/t13-/m1/s1. The minimum Gasteiger partial charge on any atom is -0.317 e. The van der Waals surface area contributed by atoms with Gasteiger partial charge >= 0.3 is 0 Å². The molecule has 0 spiro atoms. The molecule has 1 rings (SSSR count). The van der Waals surface area contributed by atoms with Gasteiger partial charge in [0.1, 0.15) is 0 Å². The Bertz CT molecular complexity index is 303. The molecule has 4 heteroatoms. The predicted molar refractivity (Wildman–Crippen MR) is 83.2 cm³/mol. The van der Waals surface area contributed by atoms with Crippen LogP contribution in [0.1, 0.15) is 37.0 Å². The molecule has 1 aromatic carbocycles. The van der Waals surface area contributed by atoms with Crippen molar-refractivity contribution in [1.82, 2.24) is 5.32 Å². The van der Waals surface area contributed by atoms with Crippen molar-refractivity contribution in [2.45, 2.75) is 31.4 Å². The Labute approximate surface area is 119 Å². The van der Waals surface area contributed by atoms with Gasteiger partial charge in [0.15, 0.2) is 0 Å². The van der Waals surface area contributed by atoms with E-state index in [0.29, 0.717) is 5.25 Å². The lowest BCUT2D eigenvalue weighted by molar-refractivity contribution is 0.614. The Balaban J connectivity index is 2.35. The van der Waals surface area contributed by atoms with Crippen molar-refractivity contribution >= 4 is 34.1 Å². The molecule has 0 saturated carbocycles. The van der Waals surface area contributed by atoms with E-state index in [1.807, 2.05) is 12.1 Å². The summed E-state index contributed by atoms with van der Waals surface area (Å²) in [6.45, 7) is 4.36. The van der Waals surface area contributed by atoms with Crippen LogP contribution in [0, 0.1) is 0 Å². The van der Waals surface area contributed by atoms with Crippen LogP contribution in [-0.4, -0.2) is 13.1 Å². The fourth-order valence-corrected chi connectivity index (χ4v) is 2.93. The number of halogens is 1. The van der Waals surface area contributed by atoms with E-state index in [9.17, 15) is 0 Å². The molecular formula is C13H20ClNS2. The van der Waals surface area contributed by atoms with Crippen LogP contribution >= 0.6 is 34.1 Å². The largest absolute Gasteiger partial charge is 0.317 e. The molecule has 0 radical (unpaired) electrons. The van der Waals surface area contributed by atoms with Crippen LogP contribution in [-0.2, 0) is 0 Å². The highest BCUT2D eigenvalue weighted by Crippen LogP contribution is 2.34. The van der Waals surface area contributed by atoms with Crippen molar-refractivity contribution in [3.63, 3.8) is 0 Å². The molecular weight excluding hydrogens is 270 g/mol. The van der Waals surface area contributed by atoms with Crippen LogP contribution in [0.5, 0.6) is 0 Å². The number of rotatable bonds is 8. The van der Waals surface area contributed by atoms with Gasteiger partial charge in [-0.1, -0.05) is 47.9 Å². The summed E-state index contributed by atoms with van der Waals surface area (Å²) in [6.07, 6.45) is 3.59. The van der Waals surface area contributed by atoms with Crippen molar-refractivity contribution in [2.24, 2.45) is 0 Å². The van der Waals surface area contributed by atoms with Gasteiger partial charge in [-0.3, -0.25) is 0 Å². The van der Waals surface area contributed by atoms with Gasteiger partial charge in [0.05, 0.1) is 0 Å². The van der Waals surface area contributed by atoms with Crippen LogP contribution in [0.2, 0.25) is 5.02 Å². The number of benzene rings is 1. The minimum atomic E-state index is 0.435. The van der Waals surface area contributed by atoms with E-state index in [0.717, 1.165) is 24.5 Å². The number of hydrogen-bond acceptors (Lipinski definition) is 3. The molecule has 0 fully saturated rings. The van der Waals surface area contributed by atoms with Crippen LogP contribution in [0.25, 0.3) is 0 Å². The maximum Gasteiger partial charge on any atom is 0.0410 e. The molecule has 0 heterocycles. The van der Waals surface area contributed by atoms with E-state index in [2.05, 4.69) is 36.0 Å². The van der Waals surface area contributed by atoms with Crippen LogP contribution in [0.15, 0.2) is 24.3 Å². The smallest absolute Gasteiger partial charge is 0.0410 e. The summed E-state index contributed by atoms with van der Waals surface area (Å²) >= 11 is 10.2. The van der Waals surface area contributed by atoms with E-state index in [1.54, 1.807) is 10.8 Å². The maximum atomic E-state index is 5.88. The first-order chi connectivity index (χ1) is 8.27. The maximum absolute atomic E-state index is 5.88. The molecule has 0 aliphatic rings. The molecule has 96 valence electrons. The zero-order valence-electron chi connectivity index (χ0n) is 10.2. The fraction of sp³-hybridized carbons (Fsp3) is 0.538. The number of hydrogen-bond donors (Lipinski definition) is 2. The van der Waals surface area contributed by atoms with Crippen molar-refractivity contribution in [3.05, 3.63) is 34.9 Å². The van der Waals surface area contributed by atoms with Crippen LogP contribution < -0.4 is 5.32 Å². The third-order valence-corrected chi connectivity index (χ3v) is 4.44. The summed E-state index contributed by atoms with van der Waals surface area (Å²) < 4.78 is 0. The fourth-order valence-electron chi connectivity index (χ4n) is 1.62. The lowest BCUT2D eigenvalue weighted by atomic mass is 10.1. The van der Waals surface area contributed by atoms with Gasteiger partial charge in [0.25, 0.3) is 0 Å². The van der Waals surface area contributed by atoms with Gasteiger partial charge in [-0.05, 0) is 43.6 Å².